The second kappa shape index (κ2) is 7.11. The average Bonchev–Trinajstić information content (AvgIpc) is 3.00. The summed E-state index contributed by atoms with van der Waals surface area (Å²) in [7, 11) is -3.32. The molecule has 3 aromatic rings. The minimum atomic E-state index is -3.32. The molecule has 1 N–H and O–H groups in total. The number of sulfonamides is 1. The molecule has 138 valence electrons. The maximum Gasteiger partial charge on any atom is 0.229 e. The monoisotopic (exact) mass is 416 g/mol. The number of anilines is 1. The minimum absolute atomic E-state index is 0.543. The summed E-state index contributed by atoms with van der Waals surface area (Å²) >= 11 is 7.83. The lowest BCUT2D eigenvalue weighted by molar-refractivity contribution is 0.607. The smallest absolute Gasteiger partial charge is 0.229 e. The SMILES string of the molecule is CS(=O)(=O)Nc1cccc(/C=C2/c3ccc(Cl)cc3CCc3ncsc32)c1. The molecule has 0 aliphatic heterocycles. The maximum absolute atomic E-state index is 11.5. The van der Waals surface area contributed by atoms with Crippen molar-refractivity contribution in [3.05, 3.63) is 80.3 Å². The van der Waals surface area contributed by atoms with E-state index in [0.29, 0.717) is 5.69 Å². The van der Waals surface area contributed by atoms with Crippen molar-refractivity contribution in [3.63, 3.8) is 0 Å². The van der Waals surface area contributed by atoms with E-state index >= 15 is 0 Å². The topological polar surface area (TPSA) is 59.1 Å². The van der Waals surface area contributed by atoms with Gasteiger partial charge in [-0.05, 0) is 59.9 Å². The highest BCUT2D eigenvalue weighted by Crippen LogP contribution is 2.38. The molecule has 1 aliphatic carbocycles. The molecule has 0 spiro atoms. The lowest BCUT2D eigenvalue weighted by Gasteiger charge is -2.11. The molecule has 0 amide bonds. The lowest BCUT2D eigenvalue weighted by atomic mass is 9.97. The number of nitrogens with one attached hydrogen (secondary N) is 1. The number of aryl methyl sites for hydroxylation is 2. The Hall–Kier alpha value is -2.15. The molecule has 0 atom stereocenters. The largest absolute Gasteiger partial charge is 0.284 e. The molecule has 1 aromatic heterocycles. The van der Waals surface area contributed by atoms with Gasteiger partial charge in [0.2, 0.25) is 10.0 Å². The molecule has 0 unspecified atom stereocenters. The zero-order valence-corrected chi connectivity index (χ0v) is 17.0. The van der Waals surface area contributed by atoms with Gasteiger partial charge in [-0.1, -0.05) is 29.8 Å². The molecule has 0 radical (unpaired) electrons. The molecular formula is C20H17ClN2O2S2. The van der Waals surface area contributed by atoms with Crippen molar-refractivity contribution in [3.8, 4) is 0 Å². The number of halogens is 1. The summed E-state index contributed by atoms with van der Waals surface area (Å²) in [6, 6.07) is 13.3. The molecule has 0 saturated heterocycles. The van der Waals surface area contributed by atoms with Crippen LogP contribution in [0.5, 0.6) is 0 Å². The van der Waals surface area contributed by atoms with E-state index in [9.17, 15) is 8.42 Å². The van der Waals surface area contributed by atoms with E-state index in [1.54, 1.807) is 17.4 Å². The van der Waals surface area contributed by atoms with Gasteiger partial charge in [-0.15, -0.1) is 11.3 Å². The van der Waals surface area contributed by atoms with Crippen molar-refractivity contribution in [2.75, 3.05) is 11.0 Å². The Morgan fingerprint density at radius 2 is 2.04 bits per heavy atom. The first kappa shape index (κ1) is 18.2. The van der Waals surface area contributed by atoms with Gasteiger partial charge in [0.05, 0.1) is 22.3 Å². The standard InChI is InChI=1S/C20H17ClN2O2S2/c1-27(24,25)23-16-4-2-3-13(9-16)10-18-17-7-6-15(21)11-14(17)5-8-19-20(18)26-12-22-19/h2-4,6-7,9-12,23H,5,8H2,1H3/b18-10-. The fourth-order valence-electron chi connectivity index (χ4n) is 3.29. The number of aromatic nitrogens is 1. The first-order chi connectivity index (χ1) is 12.9. The lowest BCUT2D eigenvalue weighted by Crippen LogP contribution is -2.09. The molecule has 0 fully saturated rings. The van der Waals surface area contributed by atoms with Crippen molar-refractivity contribution in [1.82, 2.24) is 4.98 Å². The Balaban J connectivity index is 1.85. The van der Waals surface area contributed by atoms with Crippen molar-refractivity contribution >= 4 is 50.3 Å². The van der Waals surface area contributed by atoms with Crippen LogP contribution in [0.2, 0.25) is 5.02 Å². The Morgan fingerprint density at radius 1 is 1.19 bits per heavy atom. The first-order valence-corrected chi connectivity index (χ1v) is 11.5. The molecule has 7 heteroatoms. The summed E-state index contributed by atoms with van der Waals surface area (Å²) < 4.78 is 25.6. The number of rotatable bonds is 3. The Labute approximate surface area is 167 Å². The number of hydrogen-bond donors (Lipinski definition) is 1. The summed E-state index contributed by atoms with van der Waals surface area (Å²) in [5.74, 6) is 0. The van der Waals surface area contributed by atoms with Gasteiger partial charge < -0.3 is 0 Å². The molecule has 27 heavy (non-hydrogen) atoms. The summed E-state index contributed by atoms with van der Waals surface area (Å²) in [5.41, 5.74) is 7.86. The highest BCUT2D eigenvalue weighted by Gasteiger charge is 2.20. The fraction of sp³-hybridized carbons (Fsp3) is 0.150. The van der Waals surface area contributed by atoms with Gasteiger partial charge in [0.25, 0.3) is 0 Å². The summed E-state index contributed by atoms with van der Waals surface area (Å²) in [6.07, 6.45) is 4.99. The summed E-state index contributed by atoms with van der Waals surface area (Å²) in [5, 5.41) is 0.727. The second-order valence-electron chi connectivity index (χ2n) is 6.49. The van der Waals surface area contributed by atoms with Crippen molar-refractivity contribution < 1.29 is 8.42 Å². The van der Waals surface area contributed by atoms with Crippen LogP contribution in [0.4, 0.5) is 5.69 Å². The Morgan fingerprint density at radius 3 is 2.85 bits per heavy atom. The van der Waals surface area contributed by atoms with Crippen molar-refractivity contribution in [2.45, 2.75) is 12.8 Å². The number of hydrogen-bond acceptors (Lipinski definition) is 4. The van der Waals surface area contributed by atoms with Crippen LogP contribution in [-0.2, 0) is 22.9 Å². The van der Waals surface area contributed by atoms with Crippen LogP contribution in [0.1, 0.15) is 27.3 Å². The van der Waals surface area contributed by atoms with Crippen molar-refractivity contribution in [2.24, 2.45) is 0 Å². The third-order valence-corrected chi connectivity index (χ3v) is 6.12. The van der Waals surface area contributed by atoms with Crippen LogP contribution in [0, 0.1) is 0 Å². The number of thiazole rings is 1. The van der Waals surface area contributed by atoms with Gasteiger partial charge >= 0.3 is 0 Å². The molecule has 4 rings (SSSR count). The van der Waals surface area contributed by atoms with Gasteiger partial charge in [-0.25, -0.2) is 13.4 Å². The number of nitrogens with zero attached hydrogens (tertiary/aromatic N) is 1. The molecule has 2 aromatic carbocycles. The van der Waals surface area contributed by atoms with E-state index in [1.807, 2.05) is 35.8 Å². The fourth-order valence-corrected chi connectivity index (χ4v) is 4.91. The molecule has 0 bridgehead atoms. The zero-order valence-electron chi connectivity index (χ0n) is 14.6. The maximum atomic E-state index is 11.5. The third-order valence-electron chi connectivity index (χ3n) is 4.38. The van der Waals surface area contributed by atoms with E-state index in [0.717, 1.165) is 51.4 Å². The molecule has 1 aliphatic rings. The van der Waals surface area contributed by atoms with Crippen LogP contribution >= 0.6 is 22.9 Å². The van der Waals surface area contributed by atoms with Gasteiger partial charge in [0.1, 0.15) is 0 Å². The van der Waals surface area contributed by atoms with E-state index < -0.39 is 10.0 Å². The van der Waals surface area contributed by atoms with Gasteiger partial charge in [0, 0.05) is 16.3 Å². The van der Waals surface area contributed by atoms with Crippen LogP contribution in [0.3, 0.4) is 0 Å². The van der Waals surface area contributed by atoms with Crippen molar-refractivity contribution in [1.29, 1.82) is 0 Å². The van der Waals surface area contributed by atoms with Gasteiger partial charge in [-0.2, -0.15) is 0 Å². The zero-order chi connectivity index (χ0) is 19.0. The summed E-state index contributed by atoms with van der Waals surface area (Å²) in [6.45, 7) is 0. The quantitative estimate of drug-likeness (QED) is 0.663. The predicted molar refractivity (Wildman–Crippen MR) is 113 cm³/mol. The number of fused-ring (bicyclic) bond motifs is 2. The molecule has 4 nitrogen and oxygen atoms in total. The highest BCUT2D eigenvalue weighted by molar-refractivity contribution is 7.92. The van der Waals surface area contributed by atoms with Crippen LogP contribution < -0.4 is 4.72 Å². The van der Waals surface area contributed by atoms with E-state index in [1.165, 1.54) is 5.56 Å². The normalized spacial score (nSPS) is 15.1. The third kappa shape index (κ3) is 4.08. The number of benzene rings is 2. The van der Waals surface area contributed by atoms with Crippen LogP contribution in [0.25, 0.3) is 11.6 Å². The first-order valence-electron chi connectivity index (χ1n) is 8.40. The van der Waals surface area contributed by atoms with Gasteiger partial charge in [-0.3, -0.25) is 4.72 Å². The average molecular weight is 417 g/mol. The molecule has 1 heterocycles. The van der Waals surface area contributed by atoms with Gasteiger partial charge in [0.15, 0.2) is 0 Å². The Bertz CT molecular complexity index is 1150. The van der Waals surface area contributed by atoms with Crippen LogP contribution in [0.15, 0.2) is 48.0 Å². The highest BCUT2D eigenvalue weighted by atomic mass is 35.5. The second-order valence-corrected chi connectivity index (χ2v) is 9.53. The Kier molecular flexibility index (Phi) is 4.80. The van der Waals surface area contributed by atoms with E-state index in [-0.39, 0.29) is 0 Å². The van der Waals surface area contributed by atoms with E-state index in [2.05, 4.69) is 21.8 Å². The van der Waals surface area contributed by atoms with Crippen LogP contribution in [-0.4, -0.2) is 19.7 Å². The predicted octanol–water partition coefficient (Wildman–Crippen LogP) is 4.86. The van der Waals surface area contributed by atoms with E-state index in [4.69, 9.17) is 11.6 Å². The summed E-state index contributed by atoms with van der Waals surface area (Å²) in [4.78, 5) is 5.68. The molecular weight excluding hydrogens is 400 g/mol. The minimum Gasteiger partial charge on any atom is -0.284 e. The molecule has 0 saturated carbocycles.